The molecule has 0 fully saturated rings. The van der Waals surface area contributed by atoms with Crippen LogP contribution >= 0.6 is 50.5 Å². The van der Waals surface area contributed by atoms with E-state index < -0.39 is 12.0 Å². The van der Waals surface area contributed by atoms with Gasteiger partial charge in [0.15, 0.2) is 10.6 Å². The number of benzene rings is 3. The number of rotatable bonds is 7. The van der Waals surface area contributed by atoms with Crippen LogP contribution in [0.25, 0.3) is 6.08 Å². The molecule has 6 nitrogen and oxygen atoms in total. The fourth-order valence-electron chi connectivity index (χ4n) is 4.54. The van der Waals surface area contributed by atoms with Crippen LogP contribution in [0.5, 0.6) is 5.75 Å². The Bertz CT molecular complexity index is 1820. The Morgan fingerprint density at radius 2 is 1.73 bits per heavy atom. The van der Waals surface area contributed by atoms with E-state index >= 15 is 0 Å². The molecule has 1 atom stereocenters. The number of esters is 1. The average molecular weight is 672 g/mol. The SMILES string of the molecule is CCOC(=O)C1=C(C)N=c2s/c(=C/c3cc(Cl)c(OCc4ccc(Br)cc4)c(Cl)c3)c(=O)n2[C@H]1c1ccc(C)cc1. The van der Waals surface area contributed by atoms with Crippen molar-refractivity contribution in [3.05, 3.63) is 128 Å². The zero-order chi connectivity index (χ0) is 29.3. The standard InChI is InChI=1S/C31H25BrCl2N2O4S/c1-4-39-30(38)26-18(3)35-31-36(27(26)21-9-5-17(2)6-10-21)29(37)25(41-31)15-20-13-23(33)28(24(34)14-20)40-16-19-7-11-22(32)12-8-19/h5-15,27H,4,16H2,1-3H3/b25-15+/t27-/m0/s1. The third-order valence-corrected chi connectivity index (χ3v) is 8.60. The molecular formula is C31H25BrCl2N2O4S. The number of carbonyl (C=O) groups excluding carboxylic acids is 1. The molecule has 0 N–H and O–H groups in total. The lowest BCUT2D eigenvalue weighted by molar-refractivity contribution is -0.139. The lowest BCUT2D eigenvalue weighted by atomic mass is 9.95. The van der Waals surface area contributed by atoms with Crippen LogP contribution in [0.15, 0.2) is 86.2 Å². The van der Waals surface area contributed by atoms with Gasteiger partial charge in [-0.2, -0.15) is 0 Å². The molecule has 3 aromatic carbocycles. The van der Waals surface area contributed by atoms with Crippen molar-refractivity contribution in [2.45, 2.75) is 33.4 Å². The molecule has 210 valence electrons. The van der Waals surface area contributed by atoms with E-state index in [-0.39, 0.29) is 12.2 Å². The first kappa shape index (κ1) is 29.3. The highest BCUT2D eigenvalue weighted by molar-refractivity contribution is 9.10. The molecule has 0 bridgehead atoms. The quantitative estimate of drug-likeness (QED) is 0.204. The molecule has 0 spiro atoms. The zero-order valence-electron chi connectivity index (χ0n) is 22.4. The minimum Gasteiger partial charge on any atom is -0.486 e. The van der Waals surface area contributed by atoms with Crippen LogP contribution in [-0.2, 0) is 16.1 Å². The number of halogens is 3. The van der Waals surface area contributed by atoms with Crippen LogP contribution in [0.3, 0.4) is 0 Å². The molecule has 2 heterocycles. The monoisotopic (exact) mass is 670 g/mol. The molecule has 1 aliphatic heterocycles. The van der Waals surface area contributed by atoms with Gasteiger partial charge in [0.2, 0.25) is 0 Å². The molecule has 0 aliphatic carbocycles. The fourth-order valence-corrected chi connectivity index (χ4v) is 6.47. The maximum absolute atomic E-state index is 13.8. The first-order valence-corrected chi connectivity index (χ1v) is 15.1. The van der Waals surface area contributed by atoms with Crippen molar-refractivity contribution in [1.82, 2.24) is 4.57 Å². The second kappa shape index (κ2) is 12.4. The van der Waals surface area contributed by atoms with Gasteiger partial charge in [0.25, 0.3) is 5.56 Å². The van der Waals surface area contributed by atoms with Gasteiger partial charge >= 0.3 is 5.97 Å². The number of ether oxygens (including phenoxy) is 2. The summed E-state index contributed by atoms with van der Waals surface area (Å²) in [6.45, 7) is 6.00. The number of hydrogen-bond acceptors (Lipinski definition) is 6. The summed E-state index contributed by atoms with van der Waals surface area (Å²) in [6.07, 6.45) is 1.72. The molecule has 0 amide bonds. The highest BCUT2D eigenvalue weighted by Crippen LogP contribution is 2.35. The molecule has 10 heteroatoms. The summed E-state index contributed by atoms with van der Waals surface area (Å²) in [5, 5.41) is 0.651. The van der Waals surface area contributed by atoms with Crippen LogP contribution in [0.1, 0.15) is 42.1 Å². The predicted molar refractivity (Wildman–Crippen MR) is 167 cm³/mol. The van der Waals surface area contributed by atoms with Gasteiger partial charge in [0, 0.05) is 4.47 Å². The number of fused-ring (bicyclic) bond motifs is 1. The Balaban J connectivity index is 1.54. The molecule has 0 saturated carbocycles. The van der Waals surface area contributed by atoms with Crippen molar-refractivity contribution in [2.75, 3.05) is 6.61 Å². The molecule has 1 aromatic heterocycles. The Morgan fingerprint density at radius 3 is 2.37 bits per heavy atom. The lowest BCUT2D eigenvalue weighted by Crippen LogP contribution is -2.39. The summed E-state index contributed by atoms with van der Waals surface area (Å²) >= 11 is 17.8. The average Bonchev–Trinajstić information content (AvgIpc) is 3.23. The molecular weight excluding hydrogens is 647 g/mol. The maximum Gasteiger partial charge on any atom is 0.338 e. The minimum atomic E-state index is -0.672. The van der Waals surface area contributed by atoms with Gasteiger partial charge in [-0.25, -0.2) is 9.79 Å². The van der Waals surface area contributed by atoms with E-state index in [1.54, 1.807) is 36.6 Å². The number of nitrogens with zero attached hydrogens (tertiary/aromatic N) is 2. The minimum absolute atomic E-state index is 0.213. The van der Waals surface area contributed by atoms with Gasteiger partial charge in [-0.05, 0) is 67.8 Å². The van der Waals surface area contributed by atoms with Gasteiger partial charge in [-0.1, -0.05) is 92.4 Å². The van der Waals surface area contributed by atoms with Gasteiger partial charge in [0.05, 0.1) is 38.5 Å². The summed E-state index contributed by atoms with van der Waals surface area (Å²) in [6, 6.07) is 18.2. The molecule has 0 unspecified atom stereocenters. The molecule has 1 aliphatic rings. The fraction of sp³-hybridized carbons (Fsp3) is 0.194. The van der Waals surface area contributed by atoms with Crippen molar-refractivity contribution in [2.24, 2.45) is 4.99 Å². The molecule has 0 saturated heterocycles. The zero-order valence-corrected chi connectivity index (χ0v) is 26.3. The third-order valence-electron chi connectivity index (χ3n) is 6.52. The number of allylic oxidation sites excluding steroid dienone is 1. The molecule has 41 heavy (non-hydrogen) atoms. The van der Waals surface area contributed by atoms with Crippen LogP contribution in [-0.4, -0.2) is 17.1 Å². The van der Waals surface area contributed by atoms with Crippen LogP contribution in [0, 0.1) is 6.92 Å². The second-order valence-electron chi connectivity index (χ2n) is 9.44. The number of aromatic nitrogens is 1. The molecule has 0 radical (unpaired) electrons. The predicted octanol–water partition coefficient (Wildman–Crippen LogP) is 6.76. The van der Waals surface area contributed by atoms with Gasteiger partial charge in [-0.3, -0.25) is 9.36 Å². The van der Waals surface area contributed by atoms with Crippen LogP contribution < -0.4 is 19.6 Å². The topological polar surface area (TPSA) is 69.9 Å². The van der Waals surface area contributed by atoms with Crippen molar-refractivity contribution in [3.63, 3.8) is 0 Å². The van der Waals surface area contributed by atoms with E-state index in [9.17, 15) is 9.59 Å². The van der Waals surface area contributed by atoms with E-state index in [0.717, 1.165) is 21.2 Å². The number of hydrogen-bond donors (Lipinski definition) is 0. The maximum atomic E-state index is 13.8. The Kier molecular flexibility index (Phi) is 8.85. The Labute approximate surface area is 259 Å². The Hall–Kier alpha value is -3.17. The van der Waals surface area contributed by atoms with Gasteiger partial charge in [0.1, 0.15) is 6.61 Å². The second-order valence-corrected chi connectivity index (χ2v) is 12.2. The molecule has 4 aromatic rings. The smallest absolute Gasteiger partial charge is 0.338 e. The first-order valence-electron chi connectivity index (χ1n) is 12.8. The summed E-state index contributed by atoms with van der Waals surface area (Å²) in [5.74, 6) is -0.130. The summed E-state index contributed by atoms with van der Waals surface area (Å²) in [7, 11) is 0. The van der Waals surface area contributed by atoms with E-state index in [2.05, 4.69) is 20.9 Å². The number of aryl methyl sites for hydroxylation is 1. The van der Waals surface area contributed by atoms with Gasteiger partial charge in [-0.15, -0.1) is 0 Å². The number of thiazole rings is 1. The van der Waals surface area contributed by atoms with Crippen molar-refractivity contribution in [1.29, 1.82) is 0 Å². The van der Waals surface area contributed by atoms with Gasteiger partial charge < -0.3 is 9.47 Å². The van der Waals surface area contributed by atoms with Crippen molar-refractivity contribution in [3.8, 4) is 5.75 Å². The van der Waals surface area contributed by atoms with E-state index in [0.29, 0.717) is 48.6 Å². The first-order chi connectivity index (χ1) is 19.7. The Morgan fingerprint density at radius 1 is 1.07 bits per heavy atom. The van der Waals surface area contributed by atoms with Crippen molar-refractivity contribution >= 4 is 62.5 Å². The van der Waals surface area contributed by atoms with Crippen molar-refractivity contribution < 1.29 is 14.3 Å². The normalized spacial score (nSPS) is 15.0. The molecule has 5 rings (SSSR count). The summed E-state index contributed by atoms with van der Waals surface area (Å²) in [4.78, 5) is 32.0. The van der Waals surface area contributed by atoms with Crippen LogP contribution in [0.2, 0.25) is 10.0 Å². The largest absolute Gasteiger partial charge is 0.486 e. The van der Waals surface area contributed by atoms with Crippen LogP contribution in [0.4, 0.5) is 0 Å². The lowest BCUT2D eigenvalue weighted by Gasteiger charge is -2.24. The summed E-state index contributed by atoms with van der Waals surface area (Å²) < 4.78 is 14.2. The van der Waals surface area contributed by atoms with E-state index in [1.807, 2.05) is 55.5 Å². The third kappa shape index (κ3) is 6.21. The number of carbonyl (C=O) groups is 1. The highest BCUT2D eigenvalue weighted by atomic mass is 79.9. The summed E-state index contributed by atoms with van der Waals surface area (Å²) in [5.41, 5.74) is 4.03. The van der Waals surface area contributed by atoms with E-state index in [4.69, 9.17) is 32.7 Å². The highest BCUT2D eigenvalue weighted by Gasteiger charge is 2.33. The van der Waals surface area contributed by atoms with E-state index in [1.165, 1.54) is 11.3 Å².